The summed E-state index contributed by atoms with van der Waals surface area (Å²) in [5.74, 6) is 1.36. The van der Waals surface area contributed by atoms with Gasteiger partial charge in [-0.15, -0.1) is 0 Å². The van der Waals surface area contributed by atoms with Gasteiger partial charge in [0.1, 0.15) is 11.5 Å². The highest BCUT2D eigenvalue weighted by molar-refractivity contribution is 9.11. The minimum Gasteiger partial charge on any atom is -0.454 e. The molecular formula is C12H8Br3NO. The Morgan fingerprint density at radius 3 is 2.00 bits per heavy atom. The van der Waals surface area contributed by atoms with Gasteiger partial charge in [0.05, 0.1) is 10.2 Å². The maximum absolute atomic E-state index is 5.87. The van der Waals surface area contributed by atoms with Crippen LogP contribution in [0.5, 0.6) is 11.5 Å². The Balaban J connectivity index is 2.31. The Kier molecular flexibility index (Phi) is 4.12. The van der Waals surface area contributed by atoms with Gasteiger partial charge in [0.25, 0.3) is 0 Å². The quantitative estimate of drug-likeness (QED) is 0.663. The Bertz CT molecular complexity index is 508. The lowest BCUT2D eigenvalue weighted by molar-refractivity contribution is 0.482. The summed E-state index contributed by atoms with van der Waals surface area (Å²) in [6.45, 7) is 0. The van der Waals surface area contributed by atoms with Crippen molar-refractivity contribution in [2.24, 2.45) is 0 Å². The summed E-state index contributed by atoms with van der Waals surface area (Å²) in [5, 5.41) is 0. The summed E-state index contributed by atoms with van der Waals surface area (Å²) in [5.41, 5.74) is 6.46. The van der Waals surface area contributed by atoms with E-state index >= 15 is 0 Å². The summed E-state index contributed by atoms with van der Waals surface area (Å²) in [7, 11) is 0. The lowest BCUT2D eigenvalue weighted by Crippen LogP contribution is -1.92. The molecule has 2 N–H and O–H groups in total. The predicted octanol–water partition coefficient (Wildman–Crippen LogP) is 5.35. The molecule has 88 valence electrons. The third-order valence-corrected chi connectivity index (χ3v) is 3.69. The molecule has 0 aliphatic carbocycles. The van der Waals surface area contributed by atoms with Gasteiger partial charge in [0, 0.05) is 8.95 Å². The monoisotopic (exact) mass is 419 g/mol. The van der Waals surface area contributed by atoms with Gasteiger partial charge in [0.2, 0.25) is 0 Å². The van der Waals surface area contributed by atoms with Gasteiger partial charge in [-0.05, 0) is 52.3 Å². The van der Waals surface area contributed by atoms with Crippen LogP contribution in [-0.2, 0) is 0 Å². The first kappa shape index (κ1) is 12.9. The highest BCUT2D eigenvalue weighted by Crippen LogP contribution is 2.35. The van der Waals surface area contributed by atoms with Crippen LogP contribution >= 0.6 is 47.8 Å². The zero-order valence-electron chi connectivity index (χ0n) is 8.58. The summed E-state index contributed by atoms with van der Waals surface area (Å²) in [6, 6.07) is 11.2. The number of hydrogen-bond donors (Lipinski definition) is 1. The Labute approximate surface area is 125 Å². The largest absolute Gasteiger partial charge is 0.454 e. The first-order chi connectivity index (χ1) is 8.06. The summed E-state index contributed by atoms with van der Waals surface area (Å²) in [4.78, 5) is 0. The number of nitrogen functional groups attached to an aromatic ring is 1. The molecule has 5 heteroatoms. The van der Waals surface area contributed by atoms with E-state index in [1.54, 1.807) is 0 Å². The van der Waals surface area contributed by atoms with Crippen LogP contribution in [0.1, 0.15) is 0 Å². The fourth-order valence-electron chi connectivity index (χ4n) is 1.29. The molecule has 0 aromatic heterocycles. The van der Waals surface area contributed by atoms with Gasteiger partial charge < -0.3 is 10.5 Å². The highest BCUT2D eigenvalue weighted by Gasteiger charge is 2.06. The number of halogens is 3. The average molecular weight is 422 g/mol. The van der Waals surface area contributed by atoms with E-state index < -0.39 is 0 Å². The molecule has 0 spiro atoms. The fourth-order valence-corrected chi connectivity index (χ4v) is 2.80. The molecule has 2 aromatic carbocycles. The van der Waals surface area contributed by atoms with Gasteiger partial charge in [-0.2, -0.15) is 0 Å². The molecule has 2 aromatic rings. The highest BCUT2D eigenvalue weighted by atomic mass is 79.9. The summed E-state index contributed by atoms with van der Waals surface area (Å²) >= 11 is 10.2. The summed E-state index contributed by atoms with van der Waals surface area (Å²) in [6.07, 6.45) is 0. The molecular weight excluding hydrogens is 414 g/mol. The number of hydrogen-bond acceptors (Lipinski definition) is 2. The van der Waals surface area contributed by atoms with Crippen molar-refractivity contribution < 1.29 is 4.74 Å². The van der Waals surface area contributed by atoms with E-state index in [0.29, 0.717) is 11.4 Å². The lowest BCUT2D eigenvalue weighted by atomic mass is 10.3. The molecule has 0 atom stereocenters. The van der Waals surface area contributed by atoms with Crippen LogP contribution in [0.4, 0.5) is 5.69 Å². The molecule has 0 amide bonds. The van der Waals surface area contributed by atoms with E-state index in [4.69, 9.17) is 10.5 Å². The topological polar surface area (TPSA) is 35.2 Å². The lowest BCUT2D eigenvalue weighted by Gasteiger charge is -2.10. The first-order valence-corrected chi connectivity index (χ1v) is 7.12. The van der Waals surface area contributed by atoms with E-state index in [1.165, 1.54) is 0 Å². The van der Waals surface area contributed by atoms with Crippen LogP contribution in [-0.4, -0.2) is 0 Å². The molecule has 0 aliphatic rings. The van der Waals surface area contributed by atoms with Crippen molar-refractivity contribution in [3.63, 3.8) is 0 Å². The molecule has 0 unspecified atom stereocenters. The molecule has 0 aliphatic heterocycles. The second-order valence-corrected chi connectivity index (χ2v) is 6.04. The molecule has 0 fully saturated rings. The Morgan fingerprint density at radius 2 is 1.41 bits per heavy atom. The minimum absolute atomic E-state index is 0.592. The fraction of sp³-hybridized carbons (Fsp3) is 0. The maximum Gasteiger partial charge on any atom is 0.150 e. The molecule has 0 heterocycles. The zero-order valence-corrected chi connectivity index (χ0v) is 13.3. The van der Waals surface area contributed by atoms with Gasteiger partial charge in [0.15, 0.2) is 0 Å². The van der Waals surface area contributed by atoms with Crippen molar-refractivity contribution in [1.82, 2.24) is 0 Å². The third kappa shape index (κ3) is 3.24. The van der Waals surface area contributed by atoms with E-state index in [1.807, 2.05) is 36.4 Å². The van der Waals surface area contributed by atoms with Crippen molar-refractivity contribution in [1.29, 1.82) is 0 Å². The molecule has 0 saturated heterocycles. The first-order valence-electron chi connectivity index (χ1n) is 4.74. The molecule has 17 heavy (non-hydrogen) atoms. The zero-order chi connectivity index (χ0) is 12.4. The molecule has 0 bridgehead atoms. The van der Waals surface area contributed by atoms with Crippen LogP contribution < -0.4 is 10.5 Å². The summed E-state index contributed by atoms with van der Waals surface area (Å²) < 4.78 is 8.52. The molecule has 2 rings (SSSR count). The van der Waals surface area contributed by atoms with Crippen molar-refractivity contribution in [2.45, 2.75) is 0 Å². The van der Waals surface area contributed by atoms with Crippen molar-refractivity contribution >= 4 is 53.5 Å². The van der Waals surface area contributed by atoms with Crippen molar-refractivity contribution in [2.75, 3.05) is 5.73 Å². The van der Waals surface area contributed by atoms with E-state index in [2.05, 4.69) is 47.8 Å². The van der Waals surface area contributed by atoms with Gasteiger partial charge in [-0.1, -0.05) is 31.9 Å². The molecule has 2 nitrogen and oxygen atoms in total. The van der Waals surface area contributed by atoms with Gasteiger partial charge in [-0.25, -0.2) is 0 Å². The van der Waals surface area contributed by atoms with Crippen LogP contribution in [0.15, 0.2) is 49.8 Å². The smallest absolute Gasteiger partial charge is 0.150 e. The Morgan fingerprint density at radius 1 is 0.824 bits per heavy atom. The second kappa shape index (κ2) is 5.42. The van der Waals surface area contributed by atoms with Gasteiger partial charge in [-0.3, -0.25) is 0 Å². The standard InChI is InChI=1S/C12H8Br3NO/c13-7-1-3-11(9(15)5-7)17-12-4-2-8(14)6-10(12)16/h1-6H,16H2. The minimum atomic E-state index is 0.592. The van der Waals surface area contributed by atoms with Crippen molar-refractivity contribution in [3.05, 3.63) is 49.8 Å². The van der Waals surface area contributed by atoms with Crippen LogP contribution in [0, 0.1) is 0 Å². The Hall–Kier alpha value is -0.520. The number of nitrogens with two attached hydrogens (primary N) is 1. The van der Waals surface area contributed by atoms with Crippen LogP contribution in [0.3, 0.4) is 0 Å². The maximum atomic E-state index is 5.87. The van der Waals surface area contributed by atoms with Crippen LogP contribution in [0.25, 0.3) is 0 Å². The molecule has 0 saturated carbocycles. The number of rotatable bonds is 2. The van der Waals surface area contributed by atoms with Gasteiger partial charge >= 0.3 is 0 Å². The number of benzene rings is 2. The van der Waals surface area contributed by atoms with E-state index in [-0.39, 0.29) is 0 Å². The molecule has 0 radical (unpaired) electrons. The van der Waals surface area contributed by atoms with Crippen molar-refractivity contribution in [3.8, 4) is 11.5 Å². The number of ether oxygens (including phenoxy) is 1. The predicted molar refractivity (Wildman–Crippen MR) is 80.5 cm³/mol. The third-order valence-electron chi connectivity index (χ3n) is 2.09. The number of anilines is 1. The van der Waals surface area contributed by atoms with E-state index in [0.717, 1.165) is 19.2 Å². The SMILES string of the molecule is Nc1cc(Br)ccc1Oc1ccc(Br)cc1Br. The van der Waals surface area contributed by atoms with E-state index in [9.17, 15) is 0 Å². The second-order valence-electron chi connectivity index (χ2n) is 3.36. The average Bonchev–Trinajstić information content (AvgIpc) is 2.25. The normalized spacial score (nSPS) is 10.3. The van der Waals surface area contributed by atoms with Crippen LogP contribution in [0.2, 0.25) is 0 Å².